The van der Waals surface area contributed by atoms with Gasteiger partial charge >= 0.3 is 0 Å². The van der Waals surface area contributed by atoms with E-state index in [2.05, 4.69) is 0 Å². The highest BCUT2D eigenvalue weighted by Gasteiger charge is 2.21. The Morgan fingerprint density at radius 3 is 2.23 bits per heavy atom. The summed E-state index contributed by atoms with van der Waals surface area (Å²) in [7, 11) is -2.02. The van der Waals surface area contributed by atoms with Gasteiger partial charge in [-0.3, -0.25) is 9.59 Å². The Labute approximate surface area is 188 Å². The second-order valence-electron chi connectivity index (χ2n) is 7.34. The second-order valence-corrected chi connectivity index (χ2v) is 10.1. The lowest BCUT2D eigenvalue weighted by molar-refractivity contribution is -0.128. The lowest BCUT2D eigenvalue weighted by Crippen LogP contribution is -2.33. The first-order valence-corrected chi connectivity index (χ1v) is 12.6. The third-order valence-electron chi connectivity index (χ3n) is 4.74. The Balaban J connectivity index is 2.42. The zero-order valence-corrected chi connectivity index (χ0v) is 20.3. The van der Waals surface area contributed by atoms with Crippen LogP contribution in [0.3, 0.4) is 0 Å². The molecule has 0 radical (unpaired) electrons. The molecular weight excluding hydrogens is 436 g/mol. The molecule has 0 unspecified atom stereocenters. The van der Waals surface area contributed by atoms with E-state index in [0.717, 1.165) is 21.0 Å². The van der Waals surface area contributed by atoms with E-state index in [0.29, 0.717) is 22.6 Å². The SMILES string of the molecule is CSc1ccc(Oc2ccc(CN(C(C)=O)S(C)(=O)=O)cc2CN(C)C(C)=O)cc1C. The Bertz CT molecular complexity index is 1080. The molecule has 0 aliphatic heterocycles. The van der Waals surface area contributed by atoms with Gasteiger partial charge in [0.15, 0.2) is 0 Å². The predicted molar refractivity (Wildman–Crippen MR) is 123 cm³/mol. The van der Waals surface area contributed by atoms with Crippen LogP contribution in [0, 0.1) is 6.92 Å². The fraction of sp³-hybridized carbons (Fsp3) is 0.364. The molecule has 7 nitrogen and oxygen atoms in total. The lowest BCUT2D eigenvalue weighted by atomic mass is 10.1. The van der Waals surface area contributed by atoms with Crippen molar-refractivity contribution < 1.29 is 22.7 Å². The minimum atomic E-state index is -3.70. The summed E-state index contributed by atoms with van der Waals surface area (Å²) in [6.45, 7) is 4.87. The molecule has 0 heterocycles. The monoisotopic (exact) mass is 464 g/mol. The number of thioether (sulfide) groups is 1. The minimum absolute atomic E-state index is 0.0905. The van der Waals surface area contributed by atoms with Crippen LogP contribution >= 0.6 is 11.8 Å². The lowest BCUT2D eigenvalue weighted by Gasteiger charge is -2.21. The van der Waals surface area contributed by atoms with Gasteiger partial charge in [-0.25, -0.2) is 12.7 Å². The Morgan fingerprint density at radius 1 is 1.03 bits per heavy atom. The van der Waals surface area contributed by atoms with E-state index in [-0.39, 0.29) is 19.0 Å². The maximum atomic E-state index is 11.9. The standard InChI is InChI=1S/C22H28N2O5S2/c1-15-11-20(8-10-22(15)30-5)29-21-9-7-18(12-19(21)14-23(4)16(2)25)13-24(17(3)26)31(6,27)28/h7-12H,13-14H2,1-6H3. The van der Waals surface area contributed by atoms with Crippen molar-refractivity contribution in [1.82, 2.24) is 9.21 Å². The van der Waals surface area contributed by atoms with Gasteiger partial charge in [-0.05, 0) is 54.6 Å². The van der Waals surface area contributed by atoms with Crippen molar-refractivity contribution >= 4 is 33.6 Å². The van der Waals surface area contributed by atoms with Gasteiger partial charge in [0.25, 0.3) is 0 Å². The average molecular weight is 465 g/mol. The number of carbonyl (C=O) groups excluding carboxylic acids is 2. The predicted octanol–water partition coefficient (Wildman–Crippen LogP) is 3.80. The molecule has 0 bridgehead atoms. The van der Waals surface area contributed by atoms with Crippen LogP contribution in [0.15, 0.2) is 41.3 Å². The second kappa shape index (κ2) is 10.2. The maximum Gasteiger partial charge on any atom is 0.234 e. The number of hydrogen-bond acceptors (Lipinski definition) is 6. The maximum absolute atomic E-state index is 11.9. The van der Waals surface area contributed by atoms with Crippen molar-refractivity contribution in [3.63, 3.8) is 0 Å². The molecule has 0 aliphatic carbocycles. The largest absolute Gasteiger partial charge is 0.457 e. The van der Waals surface area contributed by atoms with E-state index in [4.69, 9.17) is 4.74 Å². The summed E-state index contributed by atoms with van der Waals surface area (Å²) in [5, 5.41) is 0. The van der Waals surface area contributed by atoms with Crippen LogP contribution in [0.5, 0.6) is 11.5 Å². The average Bonchev–Trinajstić information content (AvgIpc) is 2.66. The van der Waals surface area contributed by atoms with Crippen LogP contribution in [0.25, 0.3) is 0 Å². The van der Waals surface area contributed by atoms with Gasteiger partial charge in [0.2, 0.25) is 21.8 Å². The van der Waals surface area contributed by atoms with Crippen LogP contribution in [0.1, 0.15) is 30.5 Å². The molecule has 31 heavy (non-hydrogen) atoms. The summed E-state index contributed by atoms with van der Waals surface area (Å²) in [4.78, 5) is 26.3. The molecular formula is C22H28N2O5S2. The molecule has 0 atom stereocenters. The molecule has 0 aromatic heterocycles. The molecule has 0 fully saturated rings. The van der Waals surface area contributed by atoms with Crippen molar-refractivity contribution in [2.75, 3.05) is 19.6 Å². The normalized spacial score (nSPS) is 11.2. The molecule has 0 saturated heterocycles. The Morgan fingerprint density at radius 2 is 1.71 bits per heavy atom. The Hall–Kier alpha value is -2.52. The number of sulfonamides is 1. The molecule has 9 heteroatoms. The van der Waals surface area contributed by atoms with Crippen LogP contribution in [-0.2, 0) is 32.7 Å². The van der Waals surface area contributed by atoms with Crippen molar-refractivity contribution in [3.8, 4) is 11.5 Å². The summed E-state index contributed by atoms with van der Waals surface area (Å²) in [5.41, 5.74) is 2.42. The van der Waals surface area contributed by atoms with E-state index in [1.54, 1.807) is 37.0 Å². The third kappa shape index (κ3) is 6.73. The summed E-state index contributed by atoms with van der Waals surface area (Å²) in [5.74, 6) is 0.547. The van der Waals surface area contributed by atoms with E-state index in [1.807, 2.05) is 31.4 Å². The first kappa shape index (κ1) is 24.7. The van der Waals surface area contributed by atoms with Crippen LogP contribution in [-0.4, -0.2) is 49.0 Å². The quantitative estimate of drug-likeness (QED) is 0.553. The minimum Gasteiger partial charge on any atom is -0.457 e. The van der Waals surface area contributed by atoms with Crippen molar-refractivity contribution in [2.24, 2.45) is 0 Å². The fourth-order valence-corrected chi connectivity index (χ4v) is 4.43. The van der Waals surface area contributed by atoms with Gasteiger partial charge in [-0.1, -0.05) is 6.07 Å². The third-order valence-corrected chi connectivity index (χ3v) is 6.83. The zero-order chi connectivity index (χ0) is 23.3. The first-order chi connectivity index (χ1) is 14.4. The van der Waals surface area contributed by atoms with Gasteiger partial charge < -0.3 is 9.64 Å². The highest BCUT2D eigenvalue weighted by Crippen LogP contribution is 2.31. The number of nitrogens with zero attached hydrogens (tertiary/aromatic N) is 2. The van der Waals surface area contributed by atoms with E-state index < -0.39 is 15.9 Å². The van der Waals surface area contributed by atoms with E-state index in [9.17, 15) is 18.0 Å². The number of ether oxygens (including phenoxy) is 1. The molecule has 0 saturated carbocycles. The van der Waals surface area contributed by atoms with Gasteiger partial charge in [0, 0.05) is 37.9 Å². The van der Waals surface area contributed by atoms with Crippen molar-refractivity contribution in [1.29, 1.82) is 0 Å². The van der Waals surface area contributed by atoms with Crippen molar-refractivity contribution in [2.45, 2.75) is 38.8 Å². The number of aryl methyl sites for hydroxylation is 1. The molecule has 2 rings (SSSR count). The highest BCUT2D eigenvalue weighted by atomic mass is 32.2. The van der Waals surface area contributed by atoms with Crippen molar-refractivity contribution in [3.05, 3.63) is 53.1 Å². The summed E-state index contributed by atoms with van der Waals surface area (Å²) >= 11 is 1.66. The topological polar surface area (TPSA) is 84.0 Å². The summed E-state index contributed by atoms with van der Waals surface area (Å²) < 4.78 is 30.8. The molecule has 0 aliphatic rings. The molecule has 0 N–H and O–H groups in total. The van der Waals surface area contributed by atoms with Gasteiger partial charge in [-0.2, -0.15) is 0 Å². The zero-order valence-electron chi connectivity index (χ0n) is 18.6. The first-order valence-electron chi connectivity index (χ1n) is 9.56. The molecule has 168 valence electrons. The fourth-order valence-electron chi connectivity index (χ4n) is 2.99. The van der Waals surface area contributed by atoms with Crippen LogP contribution in [0.4, 0.5) is 0 Å². The molecule has 0 spiro atoms. The summed E-state index contributed by atoms with van der Waals surface area (Å²) in [6.07, 6.45) is 3.01. The number of carbonyl (C=O) groups is 2. The summed E-state index contributed by atoms with van der Waals surface area (Å²) in [6, 6.07) is 11.0. The Kier molecular flexibility index (Phi) is 8.14. The smallest absolute Gasteiger partial charge is 0.234 e. The van der Waals surface area contributed by atoms with Gasteiger partial charge in [-0.15, -0.1) is 11.8 Å². The number of amides is 2. The van der Waals surface area contributed by atoms with Crippen LogP contribution in [0.2, 0.25) is 0 Å². The van der Waals surface area contributed by atoms with E-state index in [1.165, 1.54) is 18.7 Å². The van der Waals surface area contributed by atoms with Crippen LogP contribution < -0.4 is 4.74 Å². The number of benzene rings is 2. The highest BCUT2D eigenvalue weighted by molar-refractivity contribution is 7.98. The number of rotatable bonds is 8. The molecule has 2 amide bonds. The van der Waals surface area contributed by atoms with Gasteiger partial charge in [0.05, 0.1) is 12.8 Å². The van der Waals surface area contributed by atoms with Gasteiger partial charge in [0.1, 0.15) is 11.5 Å². The van der Waals surface area contributed by atoms with E-state index >= 15 is 0 Å². The molecule has 2 aromatic carbocycles. The number of hydrogen-bond donors (Lipinski definition) is 0. The molecule has 2 aromatic rings.